The second kappa shape index (κ2) is 6.13. The molecule has 21 heavy (non-hydrogen) atoms. The van der Waals surface area contributed by atoms with Gasteiger partial charge in [0.15, 0.2) is 0 Å². The van der Waals surface area contributed by atoms with Crippen molar-refractivity contribution >= 4 is 17.7 Å². The van der Waals surface area contributed by atoms with E-state index in [1.807, 2.05) is 0 Å². The first kappa shape index (κ1) is 14.6. The van der Waals surface area contributed by atoms with Crippen molar-refractivity contribution in [1.29, 1.82) is 0 Å². The number of carboxylic acids is 1. The van der Waals surface area contributed by atoms with Crippen LogP contribution in [0.4, 0.5) is 10.5 Å². The molecule has 0 saturated carbocycles. The van der Waals surface area contributed by atoms with E-state index in [9.17, 15) is 14.7 Å². The molecular weight excluding hydrogens is 272 g/mol. The summed E-state index contributed by atoms with van der Waals surface area (Å²) in [6.45, 7) is 1.98. The molecule has 6 heteroatoms. The molecule has 0 atom stereocenters. The van der Waals surface area contributed by atoms with Crippen LogP contribution in [0.15, 0.2) is 41.0 Å². The fourth-order valence-corrected chi connectivity index (χ4v) is 1.97. The SMILES string of the molecule is Cc1cccc(NC(=O)N(C)Cc2ccco2)c1C(=O)O. The van der Waals surface area contributed by atoms with E-state index in [1.165, 1.54) is 11.2 Å². The Morgan fingerprint density at radius 2 is 2.05 bits per heavy atom. The van der Waals surface area contributed by atoms with Crippen molar-refractivity contribution in [3.63, 3.8) is 0 Å². The lowest BCUT2D eigenvalue weighted by molar-refractivity contribution is 0.0697. The molecule has 2 aromatic rings. The number of nitrogens with one attached hydrogen (secondary N) is 1. The molecule has 1 aromatic heterocycles. The van der Waals surface area contributed by atoms with Crippen LogP contribution in [0, 0.1) is 6.92 Å². The number of urea groups is 1. The summed E-state index contributed by atoms with van der Waals surface area (Å²) in [6.07, 6.45) is 1.53. The molecule has 2 amide bonds. The van der Waals surface area contributed by atoms with Crippen LogP contribution < -0.4 is 5.32 Å². The summed E-state index contributed by atoms with van der Waals surface area (Å²) in [5.41, 5.74) is 0.963. The molecule has 6 nitrogen and oxygen atoms in total. The third-order valence-corrected chi connectivity index (χ3v) is 3.05. The van der Waals surface area contributed by atoms with Crippen molar-refractivity contribution in [3.05, 3.63) is 53.5 Å². The van der Waals surface area contributed by atoms with Crippen LogP contribution in [0.3, 0.4) is 0 Å². The van der Waals surface area contributed by atoms with Crippen LogP contribution >= 0.6 is 0 Å². The number of anilines is 1. The summed E-state index contributed by atoms with van der Waals surface area (Å²) in [7, 11) is 1.61. The van der Waals surface area contributed by atoms with Gasteiger partial charge in [0.05, 0.1) is 24.1 Å². The third-order valence-electron chi connectivity index (χ3n) is 3.05. The van der Waals surface area contributed by atoms with Crippen molar-refractivity contribution in [3.8, 4) is 0 Å². The Labute approximate surface area is 122 Å². The Kier molecular flexibility index (Phi) is 4.27. The highest BCUT2D eigenvalue weighted by atomic mass is 16.4. The molecule has 0 aliphatic carbocycles. The summed E-state index contributed by atoms with van der Waals surface area (Å²) in [4.78, 5) is 24.8. The second-order valence-electron chi connectivity index (χ2n) is 4.67. The lowest BCUT2D eigenvalue weighted by Crippen LogP contribution is -2.31. The number of aryl methyl sites for hydroxylation is 1. The first-order chi connectivity index (χ1) is 9.99. The summed E-state index contributed by atoms with van der Waals surface area (Å²) in [5.74, 6) is -0.424. The highest BCUT2D eigenvalue weighted by Gasteiger charge is 2.17. The van der Waals surface area contributed by atoms with Crippen LogP contribution in [0.25, 0.3) is 0 Å². The number of benzene rings is 1. The Morgan fingerprint density at radius 1 is 1.29 bits per heavy atom. The first-order valence-electron chi connectivity index (χ1n) is 6.36. The zero-order valence-electron chi connectivity index (χ0n) is 11.8. The summed E-state index contributed by atoms with van der Waals surface area (Å²) in [5, 5.41) is 11.8. The Hall–Kier alpha value is -2.76. The van der Waals surface area contributed by atoms with Gasteiger partial charge in [-0.05, 0) is 30.7 Å². The van der Waals surface area contributed by atoms with Crippen molar-refractivity contribution < 1.29 is 19.1 Å². The lowest BCUT2D eigenvalue weighted by atomic mass is 10.1. The molecule has 2 N–H and O–H groups in total. The molecule has 0 spiro atoms. The van der Waals surface area contributed by atoms with Gasteiger partial charge < -0.3 is 19.7 Å². The fraction of sp³-hybridized carbons (Fsp3) is 0.200. The third kappa shape index (κ3) is 3.42. The van der Waals surface area contributed by atoms with Gasteiger partial charge in [-0.25, -0.2) is 9.59 Å². The number of hydrogen-bond donors (Lipinski definition) is 2. The van der Waals surface area contributed by atoms with Gasteiger partial charge in [0, 0.05) is 7.05 Å². The Bertz CT molecular complexity index is 650. The highest BCUT2D eigenvalue weighted by Crippen LogP contribution is 2.20. The van der Waals surface area contributed by atoms with E-state index >= 15 is 0 Å². The zero-order valence-corrected chi connectivity index (χ0v) is 11.8. The number of carbonyl (C=O) groups excluding carboxylic acids is 1. The number of aromatic carboxylic acids is 1. The highest BCUT2D eigenvalue weighted by molar-refractivity contribution is 6.01. The molecule has 0 bridgehead atoms. The van der Waals surface area contributed by atoms with Crippen molar-refractivity contribution in [2.45, 2.75) is 13.5 Å². The number of amides is 2. The molecule has 1 heterocycles. The van der Waals surface area contributed by atoms with Crippen LogP contribution in [-0.2, 0) is 6.54 Å². The topological polar surface area (TPSA) is 82.8 Å². The quantitative estimate of drug-likeness (QED) is 0.906. The number of carboxylic acid groups (broad SMARTS) is 1. The van der Waals surface area contributed by atoms with Crippen LogP contribution in [0.1, 0.15) is 21.7 Å². The summed E-state index contributed by atoms with van der Waals surface area (Å²) < 4.78 is 5.17. The van der Waals surface area contributed by atoms with Gasteiger partial charge in [-0.2, -0.15) is 0 Å². The molecule has 0 fully saturated rings. The molecular formula is C15H16N2O4. The maximum atomic E-state index is 12.1. The predicted molar refractivity (Wildman–Crippen MR) is 77.3 cm³/mol. The van der Waals surface area contributed by atoms with Crippen LogP contribution in [0.2, 0.25) is 0 Å². The monoisotopic (exact) mass is 288 g/mol. The number of rotatable bonds is 4. The van der Waals surface area contributed by atoms with Gasteiger partial charge in [0.1, 0.15) is 5.76 Å². The zero-order chi connectivity index (χ0) is 15.4. The van der Waals surface area contributed by atoms with Gasteiger partial charge >= 0.3 is 12.0 Å². The van der Waals surface area contributed by atoms with E-state index in [0.29, 0.717) is 17.9 Å². The van der Waals surface area contributed by atoms with E-state index in [0.717, 1.165) is 0 Å². The second-order valence-corrected chi connectivity index (χ2v) is 4.67. The number of hydrogen-bond acceptors (Lipinski definition) is 3. The van der Waals surface area contributed by atoms with Crippen LogP contribution in [0.5, 0.6) is 0 Å². The smallest absolute Gasteiger partial charge is 0.338 e. The fourth-order valence-electron chi connectivity index (χ4n) is 1.97. The van der Waals surface area contributed by atoms with Gasteiger partial charge in [0.25, 0.3) is 0 Å². The molecule has 0 radical (unpaired) electrons. The average molecular weight is 288 g/mol. The molecule has 110 valence electrons. The van der Waals surface area contributed by atoms with Crippen molar-refractivity contribution in [1.82, 2.24) is 4.90 Å². The maximum Gasteiger partial charge on any atom is 0.338 e. The first-order valence-corrected chi connectivity index (χ1v) is 6.36. The normalized spacial score (nSPS) is 10.2. The molecule has 0 aliphatic heterocycles. The molecule has 1 aromatic carbocycles. The summed E-state index contributed by atoms with van der Waals surface area (Å²) >= 11 is 0. The van der Waals surface area contributed by atoms with E-state index < -0.39 is 12.0 Å². The predicted octanol–water partition coefficient (Wildman–Crippen LogP) is 2.95. The average Bonchev–Trinajstić information content (AvgIpc) is 2.91. The number of carbonyl (C=O) groups is 2. The molecule has 0 saturated heterocycles. The summed E-state index contributed by atoms with van der Waals surface area (Å²) in [6, 6.07) is 8.05. The minimum Gasteiger partial charge on any atom is -0.478 e. The molecule has 2 rings (SSSR count). The Balaban J connectivity index is 2.12. The van der Waals surface area contributed by atoms with Gasteiger partial charge in [-0.1, -0.05) is 12.1 Å². The van der Waals surface area contributed by atoms with Gasteiger partial charge in [0.2, 0.25) is 0 Å². The number of furan rings is 1. The van der Waals surface area contributed by atoms with Gasteiger partial charge in [-0.3, -0.25) is 0 Å². The van der Waals surface area contributed by atoms with Crippen molar-refractivity contribution in [2.75, 3.05) is 12.4 Å². The van der Waals surface area contributed by atoms with Crippen molar-refractivity contribution in [2.24, 2.45) is 0 Å². The Morgan fingerprint density at radius 3 is 2.67 bits per heavy atom. The van der Waals surface area contributed by atoms with E-state index in [-0.39, 0.29) is 11.3 Å². The minimum absolute atomic E-state index is 0.0947. The van der Waals surface area contributed by atoms with E-state index in [2.05, 4.69) is 5.32 Å². The minimum atomic E-state index is -1.07. The standard InChI is InChI=1S/C15H16N2O4/c1-10-5-3-7-12(13(10)14(18)19)16-15(20)17(2)9-11-6-4-8-21-11/h3-8H,9H2,1-2H3,(H,16,20)(H,18,19). The van der Waals surface area contributed by atoms with E-state index in [1.54, 1.807) is 44.3 Å². The maximum absolute atomic E-state index is 12.1. The lowest BCUT2D eigenvalue weighted by Gasteiger charge is -2.18. The largest absolute Gasteiger partial charge is 0.478 e. The number of nitrogens with zero attached hydrogens (tertiary/aromatic N) is 1. The van der Waals surface area contributed by atoms with Gasteiger partial charge in [-0.15, -0.1) is 0 Å². The van der Waals surface area contributed by atoms with E-state index in [4.69, 9.17) is 4.42 Å². The molecule has 0 aliphatic rings. The molecule has 0 unspecified atom stereocenters. The van der Waals surface area contributed by atoms with Crippen LogP contribution in [-0.4, -0.2) is 29.1 Å².